The Balaban J connectivity index is 2.45. The fraction of sp³-hybridized carbons (Fsp3) is 0.818. The molecule has 0 aromatic carbocycles. The minimum atomic E-state index is 0.00866. The molecular weight excluding hydrogens is 220 g/mol. The van der Waals surface area contributed by atoms with E-state index in [0.29, 0.717) is 26.2 Å². The summed E-state index contributed by atoms with van der Waals surface area (Å²) in [4.78, 5) is 26.9. The van der Waals surface area contributed by atoms with Gasteiger partial charge in [-0.25, -0.2) is 0 Å². The minimum absolute atomic E-state index is 0.00866. The van der Waals surface area contributed by atoms with Gasteiger partial charge in [-0.3, -0.25) is 19.4 Å². The van der Waals surface area contributed by atoms with Crippen LogP contribution in [0.2, 0.25) is 0 Å². The maximum Gasteiger partial charge on any atom is 0.234 e. The summed E-state index contributed by atoms with van der Waals surface area (Å²) in [5.74, 6) is 0.0173. The minimum Gasteiger partial charge on any atom is -0.353 e. The SMILES string of the molecule is CN1CCCN(C)CC(=O)NCCNC(=O)C1. The fourth-order valence-corrected chi connectivity index (χ4v) is 1.77. The van der Waals surface area contributed by atoms with Crippen molar-refractivity contribution in [3.63, 3.8) is 0 Å². The van der Waals surface area contributed by atoms with E-state index in [1.54, 1.807) is 0 Å². The van der Waals surface area contributed by atoms with Crippen molar-refractivity contribution in [1.82, 2.24) is 20.4 Å². The average Bonchev–Trinajstić information content (AvgIpc) is 2.24. The van der Waals surface area contributed by atoms with Gasteiger partial charge in [0.05, 0.1) is 13.1 Å². The van der Waals surface area contributed by atoms with Crippen LogP contribution < -0.4 is 10.6 Å². The lowest BCUT2D eigenvalue weighted by molar-refractivity contribution is -0.123. The van der Waals surface area contributed by atoms with Crippen molar-refractivity contribution in [2.24, 2.45) is 0 Å². The second kappa shape index (κ2) is 7.24. The monoisotopic (exact) mass is 242 g/mol. The largest absolute Gasteiger partial charge is 0.353 e. The average molecular weight is 242 g/mol. The summed E-state index contributed by atoms with van der Waals surface area (Å²) in [6, 6.07) is 0. The molecule has 2 amide bonds. The van der Waals surface area contributed by atoms with Crippen molar-refractivity contribution in [3.8, 4) is 0 Å². The van der Waals surface area contributed by atoms with Gasteiger partial charge in [0, 0.05) is 13.1 Å². The Morgan fingerprint density at radius 1 is 0.882 bits per heavy atom. The summed E-state index contributed by atoms with van der Waals surface area (Å²) in [6.45, 7) is 3.53. The van der Waals surface area contributed by atoms with Crippen molar-refractivity contribution in [2.75, 3.05) is 53.4 Å². The first-order chi connectivity index (χ1) is 8.08. The van der Waals surface area contributed by atoms with E-state index < -0.39 is 0 Å². The van der Waals surface area contributed by atoms with Gasteiger partial charge >= 0.3 is 0 Å². The van der Waals surface area contributed by atoms with Crippen molar-refractivity contribution in [2.45, 2.75) is 6.42 Å². The van der Waals surface area contributed by atoms with E-state index in [-0.39, 0.29) is 11.8 Å². The Morgan fingerprint density at radius 2 is 1.29 bits per heavy atom. The van der Waals surface area contributed by atoms with Crippen LogP contribution in [0, 0.1) is 0 Å². The number of rotatable bonds is 0. The molecule has 1 rings (SSSR count). The van der Waals surface area contributed by atoms with Gasteiger partial charge in [0.15, 0.2) is 0 Å². The molecule has 0 radical (unpaired) electrons. The van der Waals surface area contributed by atoms with E-state index in [9.17, 15) is 9.59 Å². The standard InChI is InChI=1S/C11H22N4O2/c1-14-6-3-7-15(2)9-11(17)13-5-4-12-10(16)8-14/h3-9H2,1-2H3,(H,12,16)(H,13,17). The van der Waals surface area contributed by atoms with Crippen LogP contribution in [0.15, 0.2) is 0 Å². The second-order valence-electron chi connectivity index (χ2n) is 4.53. The number of nitrogens with one attached hydrogen (secondary N) is 2. The molecule has 1 aliphatic heterocycles. The molecule has 0 bridgehead atoms. The molecular formula is C11H22N4O2. The molecule has 0 atom stereocenters. The van der Waals surface area contributed by atoms with Gasteiger partial charge in [-0.05, 0) is 33.6 Å². The second-order valence-corrected chi connectivity index (χ2v) is 4.53. The summed E-state index contributed by atoms with van der Waals surface area (Å²) in [6.07, 6.45) is 0.952. The highest BCUT2D eigenvalue weighted by Gasteiger charge is 2.10. The Kier molecular flexibility index (Phi) is 5.93. The molecule has 98 valence electrons. The van der Waals surface area contributed by atoms with Crippen LogP contribution >= 0.6 is 0 Å². The van der Waals surface area contributed by atoms with E-state index >= 15 is 0 Å². The molecule has 1 saturated heterocycles. The lowest BCUT2D eigenvalue weighted by Gasteiger charge is -2.18. The van der Waals surface area contributed by atoms with Crippen LogP contribution in [-0.2, 0) is 9.59 Å². The van der Waals surface area contributed by atoms with Crippen LogP contribution in [0.5, 0.6) is 0 Å². The van der Waals surface area contributed by atoms with E-state index in [2.05, 4.69) is 10.6 Å². The van der Waals surface area contributed by atoms with Gasteiger partial charge in [0.2, 0.25) is 11.8 Å². The zero-order valence-corrected chi connectivity index (χ0v) is 10.7. The zero-order valence-electron chi connectivity index (χ0n) is 10.7. The number of hydrogen-bond acceptors (Lipinski definition) is 4. The van der Waals surface area contributed by atoms with Gasteiger partial charge in [-0.1, -0.05) is 0 Å². The molecule has 2 N–H and O–H groups in total. The van der Waals surface area contributed by atoms with Crippen molar-refractivity contribution >= 4 is 11.8 Å². The summed E-state index contributed by atoms with van der Waals surface area (Å²) in [7, 11) is 3.87. The molecule has 17 heavy (non-hydrogen) atoms. The Morgan fingerprint density at radius 3 is 1.71 bits per heavy atom. The van der Waals surface area contributed by atoms with E-state index in [1.165, 1.54) is 0 Å². The summed E-state index contributed by atoms with van der Waals surface area (Å²) < 4.78 is 0. The van der Waals surface area contributed by atoms with Crippen LogP contribution in [-0.4, -0.2) is 75.0 Å². The first-order valence-electron chi connectivity index (χ1n) is 5.98. The number of amides is 2. The van der Waals surface area contributed by atoms with Crippen LogP contribution in [0.25, 0.3) is 0 Å². The number of likely N-dealkylation sites (N-methyl/N-ethyl adjacent to an activating group) is 2. The molecule has 0 aromatic rings. The molecule has 1 aliphatic rings. The van der Waals surface area contributed by atoms with Gasteiger partial charge in [-0.15, -0.1) is 0 Å². The van der Waals surface area contributed by atoms with E-state index in [0.717, 1.165) is 19.5 Å². The van der Waals surface area contributed by atoms with Crippen molar-refractivity contribution < 1.29 is 9.59 Å². The molecule has 0 spiro atoms. The molecule has 6 heteroatoms. The highest BCUT2D eigenvalue weighted by molar-refractivity contribution is 5.79. The van der Waals surface area contributed by atoms with Gasteiger partial charge in [0.25, 0.3) is 0 Å². The van der Waals surface area contributed by atoms with Gasteiger partial charge < -0.3 is 10.6 Å². The first-order valence-corrected chi connectivity index (χ1v) is 5.98. The van der Waals surface area contributed by atoms with Gasteiger partial charge in [-0.2, -0.15) is 0 Å². The Bertz CT molecular complexity index is 244. The van der Waals surface area contributed by atoms with Crippen molar-refractivity contribution in [3.05, 3.63) is 0 Å². The number of carbonyl (C=O) groups is 2. The third-order valence-corrected chi connectivity index (χ3v) is 2.68. The topological polar surface area (TPSA) is 64.7 Å². The normalized spacial score (nSPS) is 22.9. The van der Waals surface area contributed by atoms with Crippen molar-refractivity contribution in [1.29, 1.82) is 0 Å². The molecule has 0 unspecified atom stereocenters. The molecule has 1 fully saturated rings. The predicted octanol–water partition coefficient (Wildman–Crippen LogP) is -1.51. The predicted molar refractivity (Wildman–Crippen MR) is 65.6 cm³/mol. The number of hydrogen-bond donors (Lipinski definition) is 2. The zero-order chi connectivity index (χ0) is 12.7. The fourth-order valence-electron chi connectivity index (χ4n) is 1.77. The van der Waals surface area contributed by atoms with Crippen LogP contribution in [0.4, 0.5) is 0 Å². The van der Waals surface area contributed by atoms with Crippen LogP contribution in [0.3, 0.4) is 0 Å². The lowest BCUT2D eigenvalue weighted by Crippen LogP contribution is -2.40. The van der Waals surface area contributed by atoms with Crippen LogP contribution in [0.1, 0.15) is 6.42 Å². The number of nitrogens with zero attached hydrogens (tertiary/aromatic N) is 2. The maximum absolute atomic E-state index is 11.5. The molecule has 0 aliphatic carbocycles. The molecule has 0 saturated carbocycles. The summed E-state index contributed by atoms with van der Waals surface area (Å²) >= 11 is 0. The smallest absolute Gasteiger partial charge is 0.234 e. The molecule has 1 heterocycles. The highest BCUT2D eigenvalue weighted by Crippen LogP contribution is 1.92. The quantitative estimate of drug-likeness (QED) is 0.542. The lowest BCUT2D eigenvalue weighted by atomic mass is 10.3. The maximum atomic E-state index is 11.5. The number of carbonyl (C=O) groups excluding carboxylic acids is 2. The summed E-state index contributed by atoms with van der Waals surface area (Å²) in [5.41, 5.74) is 0. The Hall–Kier alpha value is -1.14. The van der Waals surface area contributed by atoms with E-state index in [4.69, 9.17) is 0 Å². The van der Waals surface area contributed by atoms with E-state index in [1.807, 2.05) is 23.9 Å². The first kappa shape index (κ1) is 13.9. The third-order valence-electron chi connectivity index (χ3n) is 2.68. The highest BCUT2D eigenvalue weighted by atomic mass is 16.2. The summed E-state index contributed by atoms with van der Waals surface area (Å²) in [5, 5.41) is 5.55. The third kappa shape index (κ3) is 6.23. The van der Waals surface area contributed by atoms with Gasteiger partial charge in [0.1, 0.15) is 0 Å². The molecule has 6 nitrogen and oxygen atoms in total. The Labute approximate surface area is 102 Å². The molecule has 0 aromatic heterocycles.